The summed E-state index contributed by atoms with van der Waals surface area (Å²) in [5, 5.41) is 9.04. The molecule has 0 aliphatic carbocycles. The number of rotatable bonds is 8. The Labute approximate surface area is 140 Å². The van der Waals surface area contributed by atoms with Crippen LogP contribution in [0.5, 0.6) is 5.75 Å². The van der Waals surface area contributed by atoms with Crippen LogP contribution in [-0.4, -0.2) is 39.7 Å². The van der Waals surface area contributed by atoms with Crippen LogP contribution in [0.2, 0.25) is 0 Å². The number of carbonyl (C=O) groups excluding carboxylic acids is 1. The van der Waals surface area contributed by atoms with Crippen molar-refractivity contribution < 1.29 is 14.3 Å². The fourth-order valence-corrected chi connectivity index (χ4v) is 2.73. The second-order valence-corrected chi connectivity index (χ2v) is 5.75. The van der Waals surface area contributed by atoms with Crippen LogP contribution in [0.3, 0.4) is 0 Å². The number of benzene rings is 1. The van der Waals surface area contributed by atoms with E-state index in [2.05, 4.69) is 10.2 Å². The van der Waals surface area contributed by atoms with Crippen LogP contribution in [0.1, 0.15) is 25.2 Å². The first kappa shape index (κ1) is 17.3. The van der Waals surface area contributed by atoms with Crippen LogP contribution in [0, 0.1) is 0 Å². The van der Waals surface area contributed by atoms with E-state index in [1.807, 2.05) is 42.8 Å². The van der Waals surface area contributed by atoms with Crippen molar-refractivity contribution in [1.29, 1.82) is 0 Å². The van der Waals surface area contributed by atoms with Crippen LogP contribution < -0.4 is 4.74 Å². The van der Waals surface area contributed by atoms with Gasteiger partial charge in [-0.3, -0.25) is 4.79 Å². The SMILES string of the molecule is CCOC(=O)CSc1nnc(Cc2ccc(OCC)cc2)n1C. The van der Waals surface area contributed by atoms with Crippen molar-refractivity contribution in [2.75, 3.05) is 19.0 Å². The van der Waals surface area contributed by atoms with Gasteiger partial charge in [-0.25, -0.2) is 0 Å². The Kier molecular flexibility index (Phi) is 6.46. The van der Waals surface area contributed by atoms with Gasteiger partial charge in [-0.15, -0.1) is 10.2 Å². The predicted octanol–water partition coefficient (Wildman–Crippen LogP) is 2.46. The van der Waals surface area contributed by atoms with E-state index in [0.29, 0.717) is 24.8 Å². The summed E-state index contributed by atoms with van der Waals surface area (Å²) >= 11 is 1.33. The van der Waals surface area contributed by atoms with Crippen LogP contribution in [0.25, 0.3) is 0 Å². The highest BCUT2D eigenvalue weighted by Crippen LogP contribution is 2.19. The zero-order valence-electron chi connectivity index (χ0n) is 13.6. The Morgan fingerprint density at radius 1 is 1.17 bits per heavy atom. The molecule has 0 spiro atoms. The van der Waals surface area contributed by atoms with Gasteiger partial charge in [0.1, 0.15) is 11.6 Å². The Hall–Kier alpha value is -2.02. The minimum absolute atomic E-state index is 0.239. The lowest BCUT2D eigenvalue weighted by molar-refractivity contribution is -0.139. The van der Waals surface area contributed by atoms with Crippen molar-refractivity contribution in [2.45, 2.75) is 25.4 Å². The van der Waals surface area contributed by atoms with Gasteiger partial charge in [0.15, 0.2) is 5.16 Å². The molecule has 0 radical (unpaired) electrons. The third-order valence-electron chi connectivity index (χ3n) is 3.15. The van der Waals surface area contributed by atoms with Crippen LogP contribution in [-0.2, 0) is 23.0 Å². The zero-order chi connectivity index (χ0) is 16.7. The molecular formula is C16H21N3O3S. The molecule has 0 aliphatic rings. The van der Waals surface area contributed by atoms with Crippen molar-refractivity contribution in [2.24, 2.45) is 7.05 Å². The molecule has 2 rings (SSSR count). The smallest absolute Gasteiger partial charge is 0.316 e. The van der Waals surface area contributed by atoms with Crippen LogP contribution in [0.4, 0.5) is 0 Å². The molecule has 0 N–H and O–H groups in total. The van der Waals surface area contributed by atoms with E-state index in [9.17, 15) is 4.79 Å². The molecule has 23 heavy (non-hydrogen) atoms. The molecule has 124 valence electrons. The highest BCUT2D eigenvalue weighted by molar-refractivity contribution is 7.99. The number of aromatic nitrogens is 3. The Bertz CT molecular complexity index is 641. The molecule has 0 unspecified atom stereocenters. The van der Waals surface area contributed by atoms with Crippen molar-refractivity contribution in [3.05, 3.63) is 35.7 Å². The molecule has 1 aromatic carbocycles. The molecule has 0 saturated heterocycles. The summed E-state index contributed by atoms with van der Waals surface area (Å²) in [6.07, 6.45) is 0.676. The summed E-state index contributed by atoms with van der Waals surface area (Å²) in [4.78, 5) is 11.4. The van der Waals surface area contributed by atoms with Gasteiger partial charge in [0, 0.05) is 13.5 Å². The molecule has 0 bridgehead atoms. The fraction of sp³-hybridized carbons (Fsp3) is 0.438. The third-order valence-corrected chi connectivity index (χ3v) is 4.14. The molecule has 1 heterocycles. The lowest BCUT2D eigenvalue weighted by Crippen LogP contribution is -2.07. The number of ether oxygens (including phenoxy) is 2. The van der Waals surface area contributed by atoms with E-state index in [1.165, 1.54) is 11.8 Å². The van der Waals surface area contributed by atoms with Crippen molar-refractivity contribution in [3.8, 4) is 5.75 Å². The predicted molar refractivity (Wildman–Crippen MR) is 88.8 cm³/mol. The summed E-state index contributed by atoms with van der Waals surface area (Å²) < 4.78 is 12.2. The van der Waals surface area contributed by atoms with Crippen molar-refractivity contribution in [1.82, 2.24) is 14.8 Å². The van der Waals surface area contributed by atoms with Gasteiger partial charge < -0.3 is 14.0 Å². The number of hydrogen-bond donors (Lipinski definition) is 0. The quantitative estimate of drug-likeness (QED) is 0.545. The van der Waals surface area contributed by atoms with Gasteiger partial charge in [0.2, 0.25) is 0 Å². The Balaban J connectivity index is 1.97. The minimum atomic E-state index is -0.242. The summed E-state index contributed by atoms with van der Waals surface area (Å²) in [7, 11) is 1.90. The topological polar surface area (TPSA) is 66.2 Å². The van der Waals surface area contributed by atoms with Gasteiger partial charge in [0.05, 0.1) is 19.0 Å². The molecule has 0 aliphatic heterocycles. The standard InChI is InChI=1S/C16H21N3O3S/c1-4-21-13-8-6-12(7-9-13)10-14-17-18-16(19(14)3)23-11-15(20)22-5-2/h6-9H,4-5,10-11H2,1-3H3. The number of thioether (sulfide) groups is 1. The molecule has 2 aromatic rings. The average Bonchev–Trinajstić information content (AvgIpc) is 2.88. The lowest BCUT2D eigenvalue weighted by Gasteiger charge is -2.06. The minimum Gasteiger partial charge on any atom is -0.494 e. The maximum absolute atomic E-state index is 11.4. The second-order valence-electron chi connectivity index (χ2n) is 4.81. The molecule has 0 amide bonds. The van der Waals surface area contributed by atoms with Gasteiger partial charge in [0.25, 0.3) is 0 Å². The first-order valence-corrected chi connectivity index (χ1v) is 8.51. The maximum atomic E-state index is 11.4. The molecule has 1 aromatic heterocycles. The molecule has 0 atom stereocenters. The van der Waals surface area contributed by atoms with E-state index in [1.54, 1.807) is 6.92 Å². The number of hydrogen-bond acceptors (Lipinski definition) is 6. The van der Waals surface area contributed by atoms with Crippen LogP contribution in [0.15, 0.2) is 29.4 Å². The highest BCUT2D eigenvalue weighted by atomic mass is 32.2. The monoisotopic (exact) mass is 335 g/mol. The second kappa shape index (κ2) is 8.57. The summed E-state index contributed by atoms with van der Waals surface area (Å²) in [6.45, 7) is 4.80. The van der Waals surface area contributed by atoms with Gasteiger partial charge in [-0.2, -0.15) is 0 Å². The van der Waals surface area contributed by atoms with E-state index >= 15 is 0 Å². The van der Waals surface area contributed by atoms with Gasteiger partial charge in [-0.05, 0) is 31.5 Å². The number of carbonyl (C=O) groups is 1. The van der Waals surface area contributed by atoms with E-state index in [0.717, 1.165) is 17.1 Å². The van der Waals surface area contributed by atoms with Crippen molar-refractivity contribution >= 4 is 17.7 Å². The number of esters is 1. The molecule has 7 heteroatoms. The summed E-state index contributed by atoms with van der Waals surface area (Å²) in [5.41, 5.74) is 1.13. The molecular weight excluding hydrogens is 314 g/mol. The summed E-state index contributed by atoms with van der Waals surface area (Å²) in [5.74, 6) is 1.71. The first-order chi connectivity index (χ1) is 11.1. The Morgan fingerprint density at radius 3 is 2.57 bits per heavy atom. The van der Waals surface area contributed by atoms with E-state index in [4.69, 9.17) is 9.47 Å². The maximum Gasteiger partial charge on any atom is 0.316 e. The number of nitrogens with zero attached hydrogens (tertiary/aromatic N) is 3. The third kappa shape index (κ3) is 4.99. The zero-order valence-corrected chi connectivity index (χ0v) is 14.4. The van der Waals surface area contributed by atoms with E-state index in [-0.39, 0.29) is 11.7 Å². The van der Waals surface area contributed by atoms with Gasteiger partial charge in [-0.1, -0.05) is 23.9 Å². The highest BCUT2D eigenvalue weighted by Gasteiger charge is 2.12. The van der Waals surface area contributed by atoms with Gasteiger partial charge >= 0.3 is 5.97 Å². The molecule has 6 nitrogen and oxygen atoms in total. The lowest BCUT2D eigenvalue weighted by atomic mass is 10.1. The van der Waals surface area contributed by atoms with Crippen molar-refractivity contribution in [3.63, 3.8) is 0 Å². The Morgan fingerprint density at radius 2 is 1.91 bits per heavy atom. The van der Waals surface area contributed by atoms with E-state index < -0.39 is 0 Å². The normalized spacial score (nSPS) is 10.6. The van der Waals surface area contributed by atoms with Crippen LogP contribution >= 0.6 is 11.8 Å². The molecule has 0 saturated carbocycles. The fourth-order valence-electron chi connectivity index (χ4n) is 2.00. The summed E-state index contributed by atoms with van der Waals surface area (Å²) in [6, 6.07) is 7.94. The average molecular weight is 335 g/mol. The largest absolute Gasteiger partial charge is 0.494 e. The first-order valence-electron chi connectivity index (χ1n) is 7.52. The molecule has 0 fully saturated rings.